The van der Waals surface area contributed by atoms with Crippen molar-refractivity contribution in [1.29, 1.82) is 0 Å². The van der Waals surface area contributed by atoms with Gasteiger partial charge in [-0.25, -0.2) is 4.39 Å². The minimum atomic E-state index is -0.752. The molecule has 4 rings (SSSR count). The van der Waals surface area contributed by atoms with Crippen molar-refractivity contribution in [3.8, 4) is 0 Å². The third-order valence-electron chi connectivity index (χ3n) is 5.65. The van der Waals surface area contributed by atoms with Gasteiger partial charge in [-0.05, 0) is 61.6 Å². The number of rotatable bonds is 5. The average Bonchev–Trinajstić information content (AvgIpc) is 3.34. The second kappa shape index (κ2) is 7.55. The van der Waals surface area contributed by atoms with Crippen molar-refractivity contribution in [2.45, 2.75) is 50.0 Å². The molecule has 0 spiro atoms. The normalized spacial score (nSPS) is 17.9. The van der Waals surface area contributed by atoms with Crippen LogP contribution in [-0.2, 0) is 10.2 Å². The summed E-state index contributed by atoms with van der Waals surface area (Å²) < 4.78 is 13.8. The number of halogens is 2. The predicted octanol–water partition coefficient (Wildman–Crippen LogP) is 4.82. The molecule has 2 saturated carbocycles. The van der Waals surface area contributed by atoms with Crippen LogP contribution in [0.3, 0.4) is 0 Å². The first-order chi connectivity index (χ1) is 13.5. The van der Waals surface area contributed by atoms with E-state index in [1.807, 2.05) is 6.07 Å². The number of hydrogen-bond donors (Lipinski definition) is 2. The third kappa shape index (κ3) is 3.76. The molecule has 2 amide bonds. The van der Waals surface area contributed by atoms with Gasteiger partial charge in [0.1, 0.15) is 5.82 Å². The third-order valence-corrected chi connectivity index (χ3v) is 5.98. The summed E-state index contributed by atoms with van der Waals surface area (Å²) >= 11 is 6.18. The van der Waals surface area contributed by atoms with Gasteiger partial charge < -0.3 is 10.6 Å². The fourth-order valence-electron chi connectivity index (χ4n) is 3.93. The minimum Gasteiger partial charge on any atom is -0.349 e. The molecule has 0 heterocycles. The summed E-state index contributed by atoms with van der Waals surface area (Å²) in [6.07, 6.45) is 5.14. The molecule has 2 aliphatic rings. The van der Waals surface area contributed by atoms with E-state index in [2.05, 4.69) is 10.6 Å². The van der Waals surface area contributed by atoms with E-state index in [1.54, 1.807) is 24.3 Å². The maximum Gasteiger partial charge on any atom is 0.253 e. The van der Waals surface area contributed by atoms with Crippen LogP contribution in [0.5, 0.6) is 0 Å². The van der Waals surface area contributed by atoms with Gasteiger partial charge in [-0.15, -0.1) is 0 Å². The smallest absolute Gasteiger partial charge is 0.253 e. The van der Waals surface area contributed by atoms with Gasteiger partial charge in [0.2, 0.25) is 5.91 Å². The van der Waals surface area contributed by atoms with E-state index in [4.69, 9.17) is 11.6 Å². The van der Waals surface area contributed by atoms with Gasteiger partial charge in [-0.1, -0.05) is 36.6 Å². The topological polar surface area (TPSA) is 58.2 Å². The zero-order valence-corrected chi connectivity index (χ0v) is 16.2. The average molecular weight is 401 g/mol. The van der Waals surface area contributed by atoms with Gasteiger partial charge in [0.15, 0.2) is 0 Å². The Morgan fingerprint density at radius 2 is 1.82 bits per heavy atom. The van der Waals surface area contributed by atoms with Gasteiger partial charge in [0.25, 0.3) is 5.91 Å². The Labute approximate surface area is 168 Å². The van der Waals surface area contributed by atoms with Gasteiger partial charge in [0.05, 0.1) is 16.0 Å². The summed E-state index contributed by atoms with van der Waals surface area (Å²) in [7, 11) is 0. The number of carbonyl (C=O) groups excluding carboxylic acids is 2. The van der Waals surface area contributed by atoms with Crippen molar-refractivity contribution in [1.82, 2.24) is 5.32 Å². The zero-order valence-electron chi connectivity index (χ0n) is 15.4. The molecule has 2 aromatic carbocycles. The first kappa shape index (κ1) is 18.9. The molecule has 0 unspecified atom stereocenters. The monoisotopic (exact) mass is 400 g/mol. The Hall–Kier alpha value is -2.40. The van der Waals surface area contributed by atoms with Crippen LogP contribution in [0.4, 0.5) is 10.1 Å². The molecule has 2 N–H and O–H groups in total. The summed E-state index contributed by atoms with van der Waals surface area (Å²) in [6.45, 7) is 0. The number of carbonyl (C=O) groups is 2. The van der Waals surface area contributed by atoms with Crippen LogP contribution in [-0.4, -0.2) is 17.9 Å². The van der Waals surface area contributed by atoms with Crippen LogP contribution in [0.1, 0.15) is 54.4 Å². The van der Waals surface area contributed by atoms with E-state index in [-0.39, 0.29) is 23.7 Å². The Kier molecular flexibility index (Phi) is 5.11. The Morgan fingerprint density at radius 1 is 1.07 bits per heavy atom. The van der Waals surface area contributed by atoms with Crippen LogP contribution in [0.15, 0.2) is 42.5 Å². The standard InChI is InChI=1S/C22H22ClFN2O2/c23-19-9-8-17(13-18(19)20(27)25-16-6-7-16)26-21(28)22(10-1-2-11-22)14-4-3-5-15(24)12-14/h3-5,8-9,12-13,16H,1-2,6-7,10-11H2,(H,25,27)(H,26,28). The van der Waals surface area contributed by atoms with Crippen molar-refractivity contribution in [2.24, 2.45) is 0 Å². The predicted molar refractivity (Wildman–Crippen MR) is 107 cm³/mol. The van der Waals surface area contributed by atoms with E-state index >= 15 is 0 Å². The van der Waals surface area contributed by atoms with Crippen LogP contribution in [0, 0.1) is 5.82 Å². The highest BCUT2D eigenvalue weighted by atomic mass is 35.5. The van der Waals surface area contributed by atoms with Crippen LogP contribution in [0.2, 0.25) is 5.02 Å². The molecule has 2 aromatic rings. The Morgan fingerprint density at radius 3 is 2.50 bits per heavy atom. The van der Waals surface area contributed by atoms with E-state index in [0.717, 1.165) is 25.7 Å². The Balaban J connectivity index is 1.59. The SMILES string of the molecule is O=C(NC1CC1)c1cc(NC(=O)C2(c3cccc(F)c3)CCCC2)ccc1Cl. The number of anilines is 1. The molecule has 4 nitrogen and oxygen atoms in total. The van der Waals surface area contributed by atoms with Crippen molar-refractivity contribution in [3.05, 3.63) is 64.4 Å². The first-order valence-electron chi connectivity index (χ1n) is 9.66. The molecular formula is C22H22ClFN2O2. The highest BCUT2D eigenvalue weighted by Crippen LogP contribution is 2.42. The van der Waals surface area contributed by atoms with Crippen molar-refractivity contribution in [2.75, 3.05) is 5.32 Å². The molecule has 2 aliphatic carbocycles. The molecule has 0 saturated heterocycles. The summed E-state index contributed by atoms with van der Waals surface area (Å²) in [6, 6.07) is 11.4. The molecular weight excluding hydrogens is 379 g/mol. The molecule has 0 bridgehead atoms. The lowest BCUT2D eigenvalue weighted by Gasteiger charge is -2.28. The van der Waals surface area contributed by atoms with Crippen LogP contribution >= 0.6 is 11.6 Å². The Bertz CT molecular complexity index is 921. The van der Waals surface area contributed by atoms with E-state index in [1.165, 1.54) is 12.1 Å². The lowest BCUT2D eigenvalue weighted by atomic mass is 9.78. The summed E-state index contributed by atoms with van der Waals surface area (Å²) in [4.78, 5) is 25.6. The van der Waals surface area contributed by atoms with Gasteiger partial charge in [0, 0.05) is 11.7 Å². The number of nitrogens with one attached hydrogen (secondary N) is 2. The molecule has 146 valence electrons. The minimum absolute atomic E-state index is 0.175. The summed E-state index contributed by atoms with van der Waals surface area (Å²) in [5.74, 6) is -0.752. The molecule has 6 heteroatoms. The van der Waals surface area contributed by atoms with Gasteiger partial charge in [-0.3, -0.25) is 9.59 Å². The molecule has 0 atom stereocenters. The van der Waals surface area contributed by atoms with Crippen molar-refractivity contribution < 1.29 is 14.0 Å². The summed E-state index contributed by atoms with van der Waals surface area (Å²) in [5.41, 5.74) is 0.803. The molecule has 0 aromatic heterocycles. The second-order valence-corrected chi connectivity index (χ2v) is 8.10. The number of benzene rings is 2. The van der Waals surface area contributed by atoms with Gasteiger partial charge in [-0.2, -0.15) is 0 Å². The van der Waals surface area contributed by atoms with Crippen molar-refractivity contribution in [3.63, 3.8) is 0 Å². The van der Waals surface area contributed by atoms with Crippen LogP contribution < -0.4 is 10.6 Å². The van der Waals surface area contributed by atoms with E-state index in [0.29, 0.717) is 34.7 Å². The maximum atomic E-state index is 13.8. The fourth-order valence-corrected chi connectivity index (χ4v) is 4.13. The highest BCUT2D eigenvalue weighted by molar-refractivity contribution is 6.34. The summed E-state index contributed by atoms with van der Waals surface area (Å²) in [5, 5.41) is 6.19. The molecule has 0 aliphatic heterocycles. The molecule has 2 fully saturated rings. The quantitative estimate of drug-likeness (QED) is 0.755. The fraction of sp³-hybridized carbons (Fsp3) is 0.364. The zero-order chi connectivity index (χ0) is 19.7. The highest BCUT2D eigenvalue weighted by Gasteiger charge is 2.43. The molecule has 0 radical (unpaired) electrons. The number of amides is 2. The second-order valence-electron chi connectivity index (χ2n) is 7.70. The van der Waals surface area contributed by atoms with E-state index < -0.39 is 5.41 Å². The molecule has 28 heavy (non-hydrogen) atoms. The van der Waals surface area contributed by atoms with E-state index in [9.17, 15) is 14.0 Å². The first-order valence-corrected chi connectivity index (χ1v) is 10.0. The number of hydrogen-bond acceptors (Lipinski definition) is 2. The van der Waals surface area contributed by atoms with Crippen molar-refractivity contribution >= 4 is 29.1 Å². The van der Waals surface area contributed by atoms with Gasteiger partial charge >= 0.3 is 0 Å². The van der Waals surface area contributed by atoms with Crippen LogP contribution in [0.25, 0.3) is 0 Å². The lowest BCUT2D eigenvalue weighted by molar-refractivity contribution is -0.121. The lowest BCUT2D eigenvalue weighted by Crippen LogP contribution is -2.38. The maximum absolute atomic E-state index is 13.8. The largest absolute Gasteiger partial charge is 0.349 e.